The average molecular weight is 375 g/mol. The Hall–Kier alpha value is -3.11. The number of hydrogen-bond donors (Lipinski definition) is 2. The molecular weight excluding hydrogens is 348 g/mol. The third-order valence-electron chi connectivity index (χ3n) is 4.84. The summed E-state index contributed by atoms with van der Waals surface area (Å²) in [7, 11) is 1.66. The fraction of sp³-hybridized carbons (Fsp3) is 0.208. The molecule has 0 aliphatic carbocycles. The first-order valence-corrected chi connectivity index (χ1v) is 9.46. The standard InChI is InChI=1S/C24H26N2O2/c1-17-9-10-18(2)22(15-17)26-24(27)23(20-7-5-4-6-8-20)25-16-19-11-13-21(28-3)14-12-19/h4-15,23,25H,16H2,1-3H3,(H,26,27)/p+1/t23-/m1/s1. The molecular formula is C24H27N2O2+. The number of ether oxygens (including phenoxy) is 1. The fourth-order valence-corrected chi connectivity index (χ4v) is 3.15. The third kappa shape index (κ3) is 4.99. The Labute approximate surface area is 166 Å². The van der Waals surface area contributed by atoms with Crippen molar-refractivity contribution in [3.8, 4) is 5.75 Å². The number of anilines is 1. The van der Waals surface area contributed by atoms with Crippen LogP contribution < -0.4 is 15.4 Å². The van der Waals surface area contributed by atoms with Crippen LogP contribution in [0.3, 0.4) is 0 Å². The molecule has 1 amide bonds. The maximum atomic E-state index is 13.1. The minimum absolute atomic E-state index is 0.0200. The molecule has 4 nitrogen and oxygen atoms in total. The van der Waals surface area contributed by atoms with Gasteiger partial charge in [0.15, 0.2) is 6.04 Å². The van der Waals surface area contributed by atoms with E-state index in [0.29, 0.717) is 6.54 Å². The lowest BCUT2D eigenvalue weighted by Crippen LogP contribution is -2.85. The topological polar surface area (TPSA) is 54.9 Å². The molecule has 0 aromatic heterocycles. The van der Waals surface area contributed by atoms with Crippen LogP contribution in [0.5, 0.6) is 5.75 Å². The lowest BCUT2D eigenvalue weighted by Gasteiger charge is -2.17. The van der Waals surface area contributed by atoms with E-state index in [2.05, 4.69) is 16.7 Å². The van der Waals surface area contributed by atoms with Crippen molar-refractivity contribution in [3.05, 3.63) is 95.1 Å². The largest absolute Gasteiger partial charge is 0.497 e. The van der Waals surface area contributed by atoms with Crippen molar-refractivity contribution in [2.24, 2.45) is 0 Å². The quantitative estimate of drug-likeness (QED) is 0.661. The zero-order valence-corrected chi connectivity index (χ0v) is 16.6. The van der Waals surface area contributed by atoms with Crippen LogP contribution >= 0.6 is 0 Å². The van der Waals surface area contributed by atoms with Gasteiger partial charge in [0.1, 0.15) is 12.3 Å². The SMILES string of the molecule is COc1ccc(C[NH2+][C@@H](C(=O)Nc2cc(C)ccc2C)c2ccccc2)cc1. The maximum Gasteiger partial charge on any atom is 0.287 e. The van der Waals surface area contributed by atoms with E-state index in [-0.39, 0.29) is 11.9 Å². The van der Waals surface area contributed by atoms with Gasteiger partial charge in [0.25, 0.3) is 5.91 Å². The van der Waals surface area contributed by atoms with Gasteiger partial charge in [0.05, 0.1) is 7.11 Å². The van der Waals surface area contributed by atoms with Crippen molar-refractivity contribution in [2.75, 3.05) is 12.4 Å². The zero-order chi connectivity index (χ0) is 19.9. The van der Waals surface area contributed by atoms with Crippen LogP contribution in [0.1, 0.15) is 28.3 Å². The Morgan fingerprint density at radius 3 is 2.39 bits per heavy atom. The van der Waals surface area contributed by atoms with Gasteiger partial charge in [0, 0.05) is 16.8 Å². The van der Waals surface area contributed by atoms with E-state index >= 15 is 0 Å². The van der Waals surface area contributed by atoms with Gasteiger partial charge in [-0.3, -0.25) is 4.79 Å². The van der Waals surface area contributed by atoms with E-state index in [9.17, 15) is 4.79 Å². The summed E-state index contributed by atoms with van der Waals surface area (Å²) in [6.45, 7) is 4.73. The number of carbonyl (C=O) groups excluding carboxylic acids is 1. The molecule has 0 heterocycles. The van der Waals surface area contributed by atoms with Crippen molar-refractivity contribution in [1.29, 1.82) is 0 Å². The molecule has 4 heteroatoms. The van der Waals surface area contributed by atoms with Gasteiger partial charge in [-0.05, 0) is 55.3 Å². The molecule has 0 aliphatic rings. The van der Waals surface area contributed by atoms with Crippen LogP contribution in [-0.2, 0) is 11.3 Å². The van der Waals surface area contributed by atoms with Crippen molar-refractivity contribution in [3.63, 3.8) is 0 Å². The highest BCUT2D eigenvalue weighted by molar-refractivity contribution is 5.95. The third-order valence-corrected chi connectivity index (χ3v) is 4.84. The zero-order valence-electron chi connectivity index (χ0n) is 16.6. The second-order valence-electron chi connectivity index (χ2n) is 6.98. The highest BCUT2D eigenvalue weighted by Gasteiger charge is 2.24. The predicted molar refractivity (Wildman–Crippen MR) is 112 cm³/mol. The molecule has 0 spiro atoms. The second-order valence-corrected chi connectivity index (χ2v) is 6.98. The number of carbonyl (C=O) groups is 1. The fourth-order valence-electron chi connectivity index (χ4n) is 3.15. The van der Waals surface area contributed by atoms with Crippen LogP contribution in [0.25, 0.3) is 0 Å². The Morgan fingerprint density at radius 1 is 1.00 bits per heavy atom. The minimum Gasteiger partial charge on any atom is -0.497 e. The van der Waals surface area contributed by atoms with E-state index in [4.69, 9.17) is 4.74 Å². The first kappa shape index (κ1) is 19.6. The molecule has 0 aliphatic heterocycles. The summed E-state index contributed by atoms with van der Waals surface area (Å²) in [5.74, 6) is 0.810. The number of nitrogens with two attached hydrogens (primary N) is 1. The van der Waals surface area contributed by atoms with E-state index in [1.807, 2.05) is 80.6 Å². The van der Waals surface area contributed by atoms with E-state index < -0.39 is 0 Å². The van der Waals surface area contributed by atoms with Gasteiger partial charge in [-0.15, -0.1) is 0 Å². The van der Waals surface area contributed by atoms with Gasteiger partial charge in [-0.2, -0.15) is 0 Å². The Kier molecular flexibility index (Phi) is 6.45. The smallest absolute Gasteiger partial charge is 0.287 e. The number of methoxy groups -OCH3 is 1. The summed E-state index contributed by atoms with van der Waals surface area (Å²) >= 11 is 0. The Balaban J connectivity index is 1.78. The maximum absolute atomic E-state index is 13.1. The van der Waals surface area contributed by atoms with Crippen LogP contribution in [0, 0.1) is 13.8 Å². The van der Waals surface area contributed by atoms with Crippen LogP contribution in [0.2, 0.25) is 0 Å². The summed E-state index contributed by atoms with van der Waals surface area (Å²) in [5, 5.41) is 5.18. The molecule has 0 saturated heterocycles. The van der Waals surface area contributed by atoms with E-state index in [0.717, 1.165) is 33.7 Å². The van der Waals surface area contributed by atoms with Crippen molar-refractivity contribution in [1.82, 2.24) is 0 Å². The van der Waals surface area contributed by atoms with Crippen LogP contribution in [0.4, 0.5) is 5.69 Å². The van der Waals surface area contributed by atoms with Gasteiger partial charge in [0.2, 0.25) is 0 Å². The predicted octanol–water partition coefficient (Wildman–Crippen LogP) is 3.76. The summed E-state index contributed by atoms with van der Waals surface area (Å²) in [4.78, 5) is 13.1. The highest BCUT2D eigenvalue weighted by Crippen LogP contribution is 2.19. The molecule has 1 atom stereocenters. The number of benzene rings is 3. The minimum atomic E-state index is -0.330. The second kappa shape index (κ2) is 9.20. The molecule has 0 bridgehead atoms. The molecule has 28 heavy (non-hydrogen) atoms. The lowest BCUT2D eigenvalue weighted by molar-refractivity contribution is -0.697. The van der Waals surface area contributed by atoms with E-state index in [1.54, 1.807) is 7.11 Å². The Morgan fingerprint density at radius 2 is 1.71 bits per heavy atom. The van der Waals surface area contributed by atoms with E-state index in [1.165, 1.54) is 0 Å². The molecule has 0 unspecified atom stereocenters. The van der Waals surface area contributed by atoms with Crippen molar-refractivity contribution in [2.45, 2.75) is 26.4 Å². The molecule has 0 radical (unpaired) electrons. The number of rotatable bonds is 7. The van der Waals surface area contributed by atoms with Gasteiger partial charge in [-0.25, -0.2) is 0 Å². The molecule has 3 aromatic rings. The van der Waals surface area contributed by atoms with Crippen LogP contribution in [-0.4, -0.2) is 13.0 Å². The first-order valence-electron chi connectivity index (χ1n) is 9.46. The van der Waals surface area contributed by atoms with Crippen LogP contribution in [0.15, 0.2) is 72.8 Å². The number of hydrogen-bond acceptors (Lipinski definition) is 2. The monoisotopic (exact) mass is 375 g/mol. The average Bonchev–Trinajstić information content (AvgIpc) is 2.72. The summed E-state index contributed by atoms with van der Waals surface area (Å²) < 4.78 is 5.22. The Bertz CT molecular complexity index is 921. The molecule has 3 N–H and O–H groups in total. The summed E-state index contributed by atoms with van der Waals surface area (Å²) in [6.07, 6.45) is 0. The molecule has 0 fully saturated rings. The first-order chi connectivity index (χ1) is 13.6. The highest BCUT2D eigenvalue weighted by atomic mass is 16.5. The molecule has 3 rings (SSSR count). The lowest BCUT2D eigenvalue weighted by atomic mass is 10.0. The number of nitrogens with one attached hydrogen (secondary N) is 1. The van der Waals surface area contributed by atoms with Gasteiger partial charge in [-0.1, -0.05) is 42.5 Å². The number of quaternary nitrogens is 1. The number of aryl methyl sites for hydroxylation is 2. The normalized spacial score (nSPS) is 11.7. The van der Waals surface area contributed by atoms with Gasteiger partial charge >= 0.3 is 0 Å². The summed E-state index contributed by atoms with van der Waals surface area (Å²) in [6, 6.07) is 23.6. The van der Waals surface area contributed by atoms with Crippen molar-refractivity contribution < 1.29 is 14.8 Å². The number of amides is 1. The molecule has 144 valence electrons. The van der Waals surface area contributed by atoms with Gasteiger partial charge < -0.3 is 15.4 Å². The molecule has 0 saturated carbocycles. The summed E-state index contributed by atoms with van der Waals surface area (Å²) in [5.41, 5.74) is 5.17. The van der Waals surface area contributed by atoms with Crippen molar-refractivity contribution >= 4 is 11.6 Å². The molecule has 3 aromatic carbocycles.